The summed E-state index contributed by atoms with van der Waals surface area (Å²) in [5.41, 5.74) is 1.21. The maximum absolute atomic E-state index is 12.3. The van der Waals surface area contributed by atoms with E-state index in [2.05, 4.69) is 5.32 Å². The van der Waals surface area contributed by atoms with Gasteiger partial charge in [0.1, 0.15) is 23.1 Å². The highest BCUT2D eigenvalue weighted by atomic mass is 127. The van der Waals surface area contributed by atoms with Crippen molar-refractivity contribution in [3.8, 4) is 17.6 Å². The lowest BCUT2D eigenvalue weighted by Crippen LogP contribution is -2.13. The highest BCUT2D eigenvalue weighted by Crippen LogP contribution is 2.28. The molecule has 0 bridgehead atoms. The molecule has 24 heavy (non-hydrogen) atoms. The molecule has 0 aromatic heterocycles. The second-order valence-electron chi connectivity index (χ2n) is 4.69. The predicted molar refractivity (Wildman–Crippen MR) is 109 cm³/mol. The van der Waals surface area contributed by atoms with Gasteiger partial charge >= 0.3 is 0 Å². The van der Waals surface area contributed by atoms with Crippen LogP contribution in [0.3, 0.4) is 0 Å². The van der Waals surface area contributed by atoms with Crippen molar-refractivity contribution < 1.29 is 14.6 Å². The first-order chi connectivity index (χ1) is 11.4. The summed E-state index contributed by atoms with van der Waals surface area (Å²) in [4.78, 5) is 12.3. The van der Waals surface area contributed by atoms with Crippen LogP contribution < -0.4 is 10.1 Å². The van der Waals surface area contributed by atoms with Gasteiger partial charge in [-0.1, -0.05) is 0 Å². The van der Waals surface area contributed by atoms with E-state index < -0.39 is 5.91 Å². The van der Waals surface area contributed by atoms with Gasteiger partial charge in [0.15, 0.2) is 0 Å². The first kappa shape index (κ1) is 18.5. The fraction of sp³-hybridized carbons (Fsp3) is 0.0588. The van der Waals surface area contributed by atoms with Crippen LogP contribution in [-0.2, 0) is 4.79 Å². The van der Waals surface area contributed by atoms with E-state index >= 15 is 0 Å². The molecule has 0 atom stereocenters. The molecule has 0 aliphatic heterocycles. The van der Waals surface area contributed by atoms with Crippen molar-refractivity contribution in [1.29, 1.82) is 5.26 Å². The Bertz CT molecular complexity index is 817. The van der Waals surface area contributed by atoms with Crippen LogP contribution in [0.2, 0.25) is 0 Å². The lowest BCUT2D eigenvalue weighted by Gasteiger charge is -2.06. The van der Waals surface area contributed by atoms with Crippen molar-refractivity contribution in [2.75, 3.05) is 12.4 Å². The summed E-state index contributed by atoms with van der Waals surface area (Å²) in [7, 11) is 1.56. The molecule has 0 spiro atoms. The van der Waals surface area contributed by atoms with E-state index in [0.717, 1.165) is 0 Å². The van der Waals surface area contributed by atoms with Crippen molar-refractivity contribution in [1.82, 2.24) is 0 Å². The molecule has 0 saturated carbocycles. The summed E-state index contributed by atoms with van der Waals surface area (Å²) < 4.78 is 6.36. The van der Waals surface area contributed by atoms with Crippen LogP contribution in [0.1, 0.15) is 5.56 Å². The monoisotopic (exact) mass is 546 g/mol. The Kier molecular flexibility index (Phi) is 6.44. The van der Waals surface area contributed by atoms with E-state index in [-0.39, 0.29) is 11.3 Å². The van der Waals surface area contributed by atoms with Gasteiger partial charge in [-0.15, -0.1) is 0 Å². The Morgan fingerprint density at radius 1 is 1.25 bits per heavy atom. The molecule has 0 unspecified atom stereocenters. The Labute approximate surface area is 166 Å². The minimum atomic E-state index is -0.499. The van der Waals surface area contributed by atoms with Gasteiger partial charge in [-0.3, -0.25) is 4.79 Å². The summed E-state index contributed by atoms with van der Waals surface area (Å²) in [6.07, 6.45) is 1.49. The van der Waals surface area contributed by atoms with Crippen molar-refractivity contribution >= 4 is 62.9 Å². The summed E-state index contributed by atoms with van der Waals surface area (Å²) in [5, 5.41) is 21.7. The third-order valence-corrected chi connectivity index (χ3v) is 4.71. The average molecular weight is 546 g/mol. The number of methoxy groups -OCH3 is 1. The Morgan fingerprint density at radius 2 is 1.83 bits per heavy atom. The number of carbonyl (C=O) groups is 1. The lowest BCUT2D eigenvalue weighted by atomic mass is 10.1. The van der Waals surface area contributed by atoms with Crippen LogP contribution >= 0.6 is 45.2 Å². The van der Waals surface area contributed by atoms with Crippen molar-refractivity contribution in [3.05, 3.63) is 54.7 Å². The number of nitriles is 1. The van der Waals surface area contributed by atoms with Gasteiger partial charge in [-0.25, -0.2) is 0 Å². The molecular weight excluding hydrogens is 534 g/mol. The van der Waals surface area contributed by atoms with Crippen molar-refractivity contribution in [3.63, 3.8) is 0 Å². The first-order valence-corrected chi connectivity index (χ1v) is 8.85. The number of hydrogen-bond donors (Lipinski definition) is 2. The molecule has 0 radical (unpaired) electrons. The van der Waals surface area contributed by atoms with Crippen LogP contribution in [0.15, 0.2) is 42.0 Å². The SMILES string of the molecule is COc1ccc(NC(=O)/C(C#N)=C\c2cc(I)c(O)c(I)c2)cc1. The molecule has 2 N–H and O–H groups in total. The number of benzene rings is 2. The van der Waals surface area contributed by atoms with E-state index in [1.165, 1.54) is 6.08 Å². The number of nitrogens with zero attached hydrogens (tertiary/aromatic N) is 1. The fourth-order valence-corrected chi connectivity index (χ4v) is 3.67. The molecule has 2 aromatic rings. The van der Waals surface area contributed by atoms with Crippen LogP contribution in [0, 0.1) is 18.5 Å². The number of amides is 1. The molecule has 0 fully saturated rings. The number of ether oxygens (including phenoxy) is 1. The van der Waals surface area contributed by atoms with Gasteiger partial charge in [0.05, 0.1) is 14.3 Å². The summed E-state index contributed by atoms with van der Waals surface area (Å²) in [6, 6.07) is 12.1. The zero-order valence-electron chi connectivity index (χ0n) is 12.5. The second-order valence-corrected chi connectivity index (χ2v) is 7.01. The van der Waals surface area contributed by atoms with Gasteiger partial charge < -0.3 is 15.2 Å². The van der Waals surface area contributed by atoms with E-state index in [4.69, 9.17) is 4.74 Å². The molecule has 0 heterocycles. The van der Waals surface area contributed by atoms with Crippen LogP contribution in [0.25, 0.3) is 6.08 Å². The van der Waals surface area contributed by atoms with Crippen molar-refractivity contribution in [2.45, 2.75) is 0 Å². The fourth-order valence-electron chi connectivity index (χ4n) is 1.86. The van der Waals surface area contributed by atoms with E-state index in [1.54, 1.807) is 43.5 Å². The number of rotatable bonds is 4. The highest BCUT2D eigenvalue weighted by molar-refractivity contribution is 14.1. The molecule has 1 amide bonds. The number of nitrogens with one attached hydrogen (secondary N) is 1. The third kappa shape index (κ3) is 4.61. The van der Waals surface area contributed by atoms with Gasteiger partial charge in [0.2, 0.25) is 0 Å². The van der Waals surface area contributed by atoms with E-state index in [0.29, 0.717) is 24.1 Å². The molecule has 2 aromatic carbocycles. The van der Waals surface area contributed by atoms with Crippen molar-refractivity contribution in [2.24, 2.45) is 0 Å². The number of aromatic hydroxyl groups is 1. The van der Waals surface area contributed by atoms with Crippen LogP contribution in [0.5, 0.6) is 11.5 Å². The number of phenols is 1. The molecule has 5 nitrogen and oxygen atoms in total. The Morgan fingerprint density at radius 3 is 2.33 bits per heavy atom. The minimum absolute atomic E-state index is 0.0249. The topological polar surface area (TPSA) is 82.3 Å². The maximum atomic E-state index is 12.3. The second kappa shape index (κ2) is 8.34. The average Bonchev–Trinajstić information content (AvgIpc) is 2.58. The zero-order valence-corrected chi connectivity index (χ0v) is 16.8. The molecule has 0 aliphatic carbocycles. The minimum Gasteiger partial charge on any atom is -0.506 e. The molecule has 2 rings (SSSR count). The highest BCUT2D eigenvalue weighted by Gasteiger charge is 2.11. The maximum Gasteiger partial charge on any atom is 0.266 e. The Balaban J connectivity index is 2.23. The van der Waals surface area contributed by atoms with Crippen LogP contribution in [0.4, 0.5) is 5.69 Å². The molecule has 0 aliphatic rings. The number of halogens is 2. The van der Waals surface area contributed by atoms with Gasteiger partial charge in [0, 0.05) is 5.69 Å². The smallest absolute Gasteiger partial charge is 0.266 e. The van der Waals surface area contributed by atoms with Gasteiger partial charge in [-0.05, 0) is 93.2 Å². The number of carbonyl (C=O) groups excluding carboxylic acids is 1. The third-order valence-electron chi connectivity index (χ3n) is 3.06. The standard InChI is InChI=1S/C17H12I2N2O3/c1-24-13-4-2-12(3-5-13)21-17(23)11(9-20)6-10-7-14(18)16(22)15(19)8-10/h2-8,22H,1H3,(H,21,23)/b11-6-. The number of anilines is 1. The quantitative estimate of drug-likeness (QED) is 0.343. The lowest BCUT2D eigenvalue weighted by molar-refractivity contribution is -0.112. The first-order valence-electron chi connectivity index (χ1n) is 6.70. The predicted octanol–water partition coefficient (Wildman–Crippen LogP) is 4.16. The normalized spacial score (nSPS) is 10.8. The van der Waals surface area contributed by atoms with Gasteiger partial charge in [0.25, 0.3) is 5.91 Å². The van der Waals surface area contributed by atoms with Crippen LogP contribution in [-0.4, -0.2) is 18.1 Å². The molecule has 122 valence electrons. The molecule has 7 heteroatoms. The van der Waals surface area contributed by atoms with E-state index in [1.807, 2.05) is 51.3 Å². The zero-order chi connectivity index (χ0) is 17.7. The summed E-state index contributed by atoms with van der Waals surface area (Å²) in [6.45, 7) is 0. The largest absolute Gasteiger partial charge is 0.506 e. The summed E-state index contributed by atoms with van der Waals surface area (Å²) >= 11 is 4.00. The Hall–Kier alpha value is -1.80. The number of phenolic OH excluding ortho intramolecular Hbond substituents is 1. The summed E-state index contributed by atoms with van der Waals surface area (Å²) in [5.74, 6) is 0.368. The number of hydrogen-bond acceptors (Lipinski definition) is 4. The molecule has 0 saturated heterocycles. The van der Waals surface area contributed by atoms with Gasteiger partial charge in [-0.2, -0.15) is 5.26 Å². The van der Waals surface area contributed by atoms with E-state index in [9.17, 15) is 15.2 Å². The molecular formula is C17H12I2N2O3.